The highest BCUT2D eigenvalue weighted by molar-refractivity contribution is 6.31. The Hall–Kier alpha value is -1.47. The third-order valence-electron chi connectivity index (χ3n) is 2.50. The summed E-state index contributed by atoms with van der Waals surface area (Å²) in [4.78, 5) is 0. The minimum absolute atomic E-state index is 0.110. The fraction of sp³-hybridized carbons (Fsp3) is 0.300. The maximum atomic E-state index is 12.7. The van der Waals surface area contributed by atoms with E-state index in [0.717, 1.165) is 0 Å². The average Bonchev–Trinajstić information content (AvgIpc) is 2.27. The van der Waals surface area contributed by atoms with Gasteiger partial charge in [-0.1, -0.05) is 16.8 Å². The van der Waals surface area contributed by atoms with Gasteiger partial charge in [0.15, 0.2) is 0 Å². The fourth-order valence-corrected chi connectivity index (χ4v) is 1.78. The zero-order chi connectivity index (χ0) is 13.6. The Morgan fingerprint density at radius 2 is 2.06 bits per heavy atom. The highest BCUT2D eigenvalue weighted by atomic mass is 35.5. The lowest BCUT2D eigenvalue weighted by Gasteiger charge is -2.35. The summed E-state index contributed by atoms with van der Waals surface area (Å²) in [7, 11) is 0. The van der Waals surface area contributed by atoms with Gasteiger partial charge in [0.05, 0.1) is 12.1 Å². The van der Waals surface area contributed by atoms with Gasteiger partial charge in [-0.3, -0.25) is 0 Å². The monoisotopic (exact) mass is 281 g/mol. The molecular weight excluding hydrogens is 275 g/mol. The molecule has 2 N–H and O–H groups in total. The molecule has 0 saturated carbocycles. The van der Waals surface area contributed by atoms with Gasteiger partial charge in [-0.25, -0.2) is 0 Å². The molecule has 98 valence electrons. The summed E-state index contributed by atoms with van der Waals surface area (Å²) in [5, 5.41) is 21.2. The smallest absolute Gasteiger partial charge is 0.452 e. The molecule has 0 amide bonds. The Morgan fingerprint density at radius 3 is 2.61 bits per heavy atom. The van der Waals surface area contributed by atoms with E-state index in [2.05, 4.69) is 9.89 Å². The predicted molar refractivity (Wildman–Crippen MR) is 56.0 cm³/mol. The lowest BCUT2D eigenvalue weighted by molar-refractivity contribution is -0.333. The molecule has 2 rings (SSSR count). The van der Waals surface area contributed by atoms with E-state index in [1.807, 2.05) is 0 Å². The number of ether oxygens (including phenoxy) is 1. The number of hydrogen-bond acceptors (Lipinski definition) is 4. The molecule has 0 fully saturated rings. The SMILES string of the molecule is O/N=C1/CC(O)(C(F)(F)F)Oc2ccc(Cl)cc21. The number of aliphatic hydroxyl groups is 1. The molecule has 1 aliphatic rings. The molecule has 8 heteroatoms. The van der Waals surface area contributed by atoms with Crippen LogP contribution in [-0.4, -0.2) is 28.0 Å². The van der Waals surface area contributed by atoms with Crippen LogP contribution >= 0.6 is 11.6 Å². The lowest BCUT2D eigenvalue weighted by Crippen LogP contribution is -2.54. The van der Waals surface area contributed by atoms with Crippen molar-refractivity contribution >= 4 is 17.3 Å². The van der Waals surface area contributed by atoms with Gasteiger partial charge in [0.2, 0.25) is 0 Å². The van der Waals surface area contributed by atoms with E-state index in [-0.39, 0.29) is 22.0 Å². The van der Waals surface area contributed by atoms with Crippen LogP contribution in [0.2, 0.25) is 5.02 Å². The van der Waals surface area contributed by atoms with Crippen LogP contribution in [0.15, 0.2) is 23.4 Å². The standard InChI is InChI=1S/C10H7ClF3NO3/c11-5-1-2-8-6(3-5)7(15-17)4-9(16,18-8)10(12,13)14/h1-3,16-17H,4H2/b15-7-. The summed E-state index contributed by atoms with van der Waals surface area (Å²) in [6.45, 7) is 0. The molecule has 0 spiro atoms. The number of fused-ring (bicyclic) bond motifs is 1. The Morgan fingerprint density at radius 1 is 1.39 bits per heavy atom. The van der Waals surface area contributed by atoms with E-state index in [0.29, 0.717) is 0 Å². The summed E-state index contributed by atoms with van der Waals surface area (Å²) >= 11 is 5.68. The van der Waals surface area contributed by atoms with Crippen LogP contribution in [0.5, 0.6) is 5.75 Å². The number of alkyl halides is 3. The van der Waals surface area contributed by atoms with Crippen molar-refractivity contribution in [2.24, 2.45) is 5.16 Å². The molecule has 18 heavy (non-hydrogen) atoms. The molecule has 0 aliphatic carbocycles. The van der Waals surface area contributed by atoms with Crippen LogP contribution in [0.4, 0.5) is 13.2 Å². The quantitative estimate of drug-likeness (QED) is 0.567. The number of nitrogens with zero attached hydrogens (tertiary/aromatic N) is 1. The van der Waals surface area contributed by atoms with Crippen LogP contribution in [-0.2, 0) is 0 Å². The van der Waals surface area contributed by atoms with Crippen molar-refractivity contribution in [2.45, 2.75) is 18.4 Å². The van der Waals surface area contributed by atoms with E-state index in [9.17, 15) is 18.3 Å². The average molecular weight is 282 g/mol. The minimum atomic E-state index is -5.01. The van der Waals surface area contributed by atoms with Crippen molar-refractivity contribution in [3.8, 4) is 5.75 Å². The molecule has 0 radical (unpaired) electrons. The van der Waals surface area contributed by atoms with Crippen LogP contribution in [0.1, 0.15) is 12.0 Å². The third-order valence-corrected chi connectivity index (χ3v) is 2.74. The van der Waals surface area contributed by atoms with Crippen LogP contribution in [0.3, 0.4) is 0 Å². The van der Waals surface area contributed by atoms with Gasteiger partial charge in [-0.2, -0.15) is 13.2 Å². The molecule has 1 atom stereocenters. The highest BCUT2D eigenvalue weighted by Gasteiger charge is 2.59. The van der Waals surface area contributed by atoms with Crippen molar-refractivity contribution < 1.29 is 28.2 Å². The van der Waals surface area contributed by atoms with Crippen LogP contribution in [0, 0.1) is 0 Å². The number of oxime groups is 1. The van der Waals surface area contributed by atoms with Gasteiger partial charge in [0, 0.05) is 10.6 Å². The molecule has 0 bridgehead atoms. The first-order valence-corrected chi connectivity index (χ1v) is 5.13. The number of halogens is 4. The first-order chi connectivity index (χ1) is 8.27. The Bertz CT molecular complexity index is 518. The van der Waals surface area contributed by atoms with Gasteiger partial charge in [0.25, 0.3) is 0 Å². The Balaban J connectivity index is 2.54. The molecular formula is C10H7ClF3NO3. The third kappa shape index (κ3) is 1.99. The summed E-state index contributed by atoms with van der Waals surface area (Å²) in [6, 6.07) is 3.76. The Kier molecular flexibility index (Phi) is 2.90. The predicted octanol–water partition coefficient (Wildman–Crippen LogP) is 2.55. The van der Waals surface area contributed by atoms with Crippen molar-refractivity contribution in [3.05, 3.63) is 28.8 Å². The van der Waals surface area contributed by atoms with Crippen molar-refractivity contribution in [1.29, 1.82) is 0 Å². The maximum absolute atomic E-state index is 12.7. The molecule has 1 aromatic carbocycles. The van der Waals surface area contributed by atoms with E-state index in [4.69, 9.17) is 16.8 Å². The lowest BCUT2D eigenvalue weighted by atomic mass is 9.97. The van der Waals surface area contributed by atoms with Crippen LogP contribution in [0.25, 0.3) is 0 Å². The second-order valence-electron chi connectivity index (χ2n) is 3.75. The summed E-state index contributed by atoms with van der Waals surface area (Å²) in [5.74, 6) is -3.66. The molecule has 4 nitrogen and oxygen atoms in total. The second kappa shape index (κ2) is 4.03. The van der Waals surface area contributed by atoms with Gasteiger partial charge in [-0.15, -0.1) is 0 Å². The van der Waals surface area contributed by atoms with Gasteiger partial charge < -0.3 is 15.1 Å². The van der Waals surface area contributed by atoms with Gasteiger partial charge in [-0.05, 0) is 18.2 Å². The molecule has 1 aromatic rings. The summed E-state index contributed by atoms with van der Waals surface area (Å²) in [5.41, 5.74) is -0.238. The first-order valence-electron chi connectivity index (χ1n) is 4.76. The molecule has 1 aliphatic heterocycles. The summed E-state index contributed by atoms with van der Waals surface area (Å²) < 4.78 is 42.6. The number of benzene rings is 1. The largest absolute Gasteiger partial charge is 0.455 e. The zero-order valence-corrected chi connectivity index (χ0v) is 9.46. The number of hydrogen-bond donors (Lipinski definition) is 2. The maximum Gasteiger partial charge on any atom is 0.455 e. The van der Waals surface area contributed by atoms with E-state index in [1.54, 1.807) is 0 Å². The molecule has 1 heterocycles. The minimum Gasteiger partial charge on any atom is -0.452 e. The van der Waals surface area contributed by atoms with Crippen molar-refractivity contribution in [3.63, 3.8) is 0 Å². The van der Waals surface area contributed by atoms with E-state index >= 15 is 0 Å². The molecule has 0 saturated heterocycles. The topological polar surface area (TPSA) is 62.1 Å². The number of rotatable bonds is 0. The van der Waals surface area contributed by atoms with E-state index < -0.39 is 18.4 Å². The van der Waals surface area contributed by atoms with Gasteiger partial charge in [0.1, 0.15) is 5.75 Å². The van der Waals surface area contributed by atoms with Gasteiger partial charge >= 0.3 is 12.0 Å². The van der Waals surface area contributed by atoms with Crippen LogP contribution < -0.4 is 4.74 Å². The normalized spacial score (nSPS) is 25.7. The van der Waals surface area contributed by atoms with Crippen molar-refractivity contribution in [1.82, 2.24) is 0 Å². The van der Waals surface area contributed by atoms with Crippen molar-refractivity contribution in [2.75, 3.05) is 0 Å². The molecule has 0 aromatic heterocycles. The summed E-state index contributed by atoms with van der Waals surface area (Å²) in [6.07, 6.45) is -6.03. The zero-order valence-electron chi connectivity index (χ0n) is 8.70. The molecule has 1 unspecified atom stereocenters. The second-order valence-corrected chi connectivity index (χ2v) is 4.18. The fourth-order valence-electron chi connectivity index (χ4n) is 1.60. The van der Waals surface area contributed by atoms with E-state index in [1.165, 1.54) is 18.2 Å². The highest BCUT2D eigenvalue weighted by Crippen LogP contribution is 2.42. The Labute approximate surface area is 104 Å². The first kappa shape index (κ1) is 13.0.